The number of nitrogens with one attached hydrogen (secondary N) is 2. The molecule has 0 saturated carbocycles. The van der Waals surface area contributed by atoms with Gasteiger partial charge in [-0.15, -0.1) is 0 Å². The van der Waals surface area contributed by atoms with Gasteiger partial charge in [0.25, 0.3) is 11.6 Å². The number of benzene rings is 3. The number of hydrogen-bond acceptors (Lipinski definition) is 7. The van der Waals surface area contributed by atoms with Crippen LogP contribution in [0.15, 0.2) is 83.8 Å². The van der Waals surface area contributed by atoms with Crippen LogP contribution in [0.3, 0.4) is 0 Å². The Morgan fingerprint density at radius 3 is 2.20 bits per heavy atom. The first-order valence-corrected chi connectivity index (χ1v) is 12.9. The number of nitro groups is 1. The second-order valence-corrected chi connectivity index (χ2v) is 10.1. The minimum atomic E-state index is -4.52. The predicted octanol–water partition coefficient (Wildman–Crippen LogP) is 6.10. The van der Waals surface area contributed by atoms with Gasteiger partial charge in [0.1, 0.15) is 11.5 Å². The number of amides is 2. The van der Waals surface area contributed by atoms with Gasteiger partial charge in [-0.2, -0.15) is 13.2 Å². The topological polar surface area (TPSA) is 137 Å². The lowest BCUT2D eigenvalue weighted by Crippen LogP contribution is -2.48. The molecular formula is C27H27F3N4O5S. The van der Waals surface area contributed by atoms with E-state index in [2.05, 4.69) is 10.6 Å². The molecule has 1 atom stereocenters. The van der Waals surface area contributed by atoms with Crippen molar-refractivity contribution < 1.29 is 32.4 Å². The minimum absolute atomic E-state index is 0.120. The van der Waals surface area contributed by atoms with E-state index in [1.165, 1.54) is 24.3 Å². The zero-order valence-electron chi connectivity index (χ0n) is 21.1. The molecule has 212 valence electrons. The molecule has 0 radical (unpaired) electrons. The van der Waals surface area contributed by atoms with Crippen LogP contribution in [-0.4, -0.2) is 28.3 Å². The number of ether oxygens (including phenoxy) is 1. The first-order valence-electron chi connectivity index (χ1n) is 12.1. The molecule has 0 aromatic heterocycles. The molecule has 4 N–H and O–H groups in total. The number of nitrogens with zero attached hydrogens (tertiary/aromatic N) is 1. The molecule has 2 amide bonds. The van der Waals surface area contributed by atoms with Gasteiger partial charge in [-0.1, -0.05) is 42.1 Å². The van der Waals surface area contributed by atoms with Crippen molar-refractivity contribution in [2.45, 2.75) is 41.8 Å². The number of alkyl carbamates (subject to hydrolysis) is 1. The monoisotopic (exact) mass is 576 g/mol. The van der Waals surface area contributed by atoms with Crippen molar-refractivity contribution in [3.8, 4) is 0 Å². The Morgan fingerprint density at radius 1 is 0.950 bits per heavy atom. The smallest absolute Gasteiger partial charge is 0.416 e. The zero-order chi connectivity index (χ0) is 29.2. The van der Waals surface area contributed by atoms with E-state index in [9.17, 15) is 32.9 Å². The number of nitro benzene ring substituents is 1. The summed E-state index contributed by atoms with van der Waals surface area (Å²) in [6, 6.07) is 18.6. The number of carbonyl (C=O) groups excluding carboxylic acids is 2. The Hall–Kier alpha value is -4.10. The number of non-ortho nitro benzene ring substituents is 1. The van der Waals surface area contributed by atoms with Gasteiger partial charge in [0, 0.05) is 29.3 Å². The predicted molar refractivity (Wildman–Crippen MR) is 144 cm³/mol. The first-order chi connectivity index (χ1) is 19.0. The largest absolute Gasteiger partial charge is 0.445 e. The summed E-state index contributed by atoms with van der Waals surface area (Å²) in [4.78, 5) is 34.5. The van der Waals surface area contributed by atoms with Crippen LogP contribution in [0.5, 0.6) is 0 Å². The van der Waals surface area contributed by atoms with Crippen molar-refractivity contribution in [2.24, 2.45) is 5.73 Å². The fourth-order valence-corrected chi connectivity index (χ4v) is 4.60. The highest BCUT2D eigenvalue weighted by Crippen LogP contribution is 2.35. The maximum Gasteiger partial charge on any atom is 0.416 e. The summed E-state index contributed by atoms with van der Waals surface area (Å²) in [5.74, 6) is -0.661. The molecule has 13 heteroatoms. The van der Waals surface area contributed by atoms with E-state index in [-0.39, 0.29) is 30.9 Å². The number of hydrogen-bond donors (Lipinski definition) is 3. The van der Waals surface area contributed by atoms with Crippen molar-refractivity contribution in [3.63, 3.8) is 0 Å². The number of halogens is 3. The Labute approximate surface area is 232 Å². The van der Waals surface area contributed by atoms with Crippen LogP contribution < -0.4 is 16.4 Å². The highest BCUT2D eigenvalue weighted by atomic mass is 32.2. The molecule has 0 unspecified atom stereocenters. The first kappa shape index (κ1) is 30.4. The molecule has 0 aliphatic heterocycles. The highest BCUT2D eigenvalue weighted by Gasteiger charge is 2.35. The summed E-state index contributed by atoms with van der Waals surface area (Å²) in [5.41, 5.74) is 6.47. The molecule has 0 heterocycles. The lowest BCUT2D eigenvalue weighted by atomic mass is 10.1. The van der Waals surface area contributed by atoms with E-state index in [4.69, 9.17) is 10.5 Å². The maximum atomic E-state index is 13.2. The van der Waals surface area contributed by atoms with E-state index < -0.39 is 33.5 Å². The molecule has 3 aromatic carbocycles. The van der Waals surface area contributed by atoms with Crippen LogP contribution in [-0.2, 0) is 22.3 Å². The fourth-order valence-electron chi connectivity index (χ4n) is 3.51. The second kappa shape index (κ2) is 13.8. The molecular weight excluding hydrogens is 549 g/mol. The minimum Gasteiger partial charge on any atom is -0.445 e. The van der Waals surface area contributed by atoms with Crippen molar-refractivity contribution in [1.29, 1.82) is 0 Å². The maximum absolute atomic E-state index is 13.2. The van der Waals surface area contributed by atoms with Gasteiger partial charge in [0.15, 0.2) is 0 Å². The Bertz CT molecular complexity index is 1290. The third-order valence-corrected chi connectivity index (χ3v) is 6.92. The van der Waals surface area contributed by atoms with Crippen molar-refractivity contribution in [3.05, 3.63) is 100 Å². The van der Waals surface area contributed by atoms with Crippen LogP contribution in [0.25, 0.3) is 0 Å². The number of carbonyl (C=O) groups is 2. The van der Waals surface area contributed by atoms with E-state index in [1.54, 1.807) is 0 Å². The van der Waals surface area contributed by atoms with E-state index in [0.717, 1.165) is 41.6 Å². The Morgan fingerprint density at radius 2 is 1.60 bits per heavy atom. The van der Waals surface area contributed by atoms with Gasteiger partial charge in [-0.05, 0) is 61.2 Å². The molecule has 3 aromatic rings. The molecule has 0 aliphatic carbocycles. The van der Waals surface area contributed by atoms with Crippen LogP contribution in [0.2, 0.25) is 0 Å². The molecule has 3 rings (SSSR count). The SMILES string of the molecule is N[C@](CCCCNC(=O)OCc1ccccc1)(Sc1ccc([N+](=O)[O-])cc1)C(=O)Nc1ccc(C(F)(F)F)cc1. The summed E-state index contributed by atoms with van der Waals surface area (Å²) >= 11 is 0.967. The number of thioether (sulfide) groups is 1. The molecule has 9 nitrogen and oxygen atoms in total. The molecule has 0 fully saturated rings. The second-order valence-electron chi connectivity index (χ2n) is 8.72. The number of anilines is 1. The molecule has 40 heavy (non-hydrogen) atoms. The highest BCUT2D eigenvalue weighted by molar-refractivity contribution is 8.01. The molecule has 0 saturated heterocycles. The van der Waals surface area contributed by atoms with Crippen molar-refractivity contribution in [1.82, 2.24) is 5.32 Å². The van der Waals surface area contributed by atoms with Gasteiger partial charge in [-0.25, -0.2) is 4.79 Å². The summed E-state index contributed by atoms with van der Waals surface area (Å²) in [5, 5.41) is 16.1. The average Bonchev–Trinajstić information content (AvgIpc) is 2.92. The normalized spacial score (nSPS) is 12.7. The lowest BCUT2D eigenvalue weighted by molar-refractivity contribution is -0.384. The standard InChI is InChI=1S/C27H27F3N4O5S/c28-27(29,30)20-8-10-21(11-9-20)33-24(35)26(31,40-23-14-12-22(13-15-23)34(37)38)16-4-5-17-32-25(36)39-18-19-6-2-1-3-7-19/h1-3,6-15H,4-5,16-18,31H2,(H,32,36)(H,33,35)/t26-/m1/s1. The van der Waals surface area contributed by atoms with Crippen LogP contribution in [0, 0.1) is 10.1 Å². The van der Waals surface area contributed by atoms with Crippen LogP contribution in [0.4, 0.5) is 29.3 Å². The van der Waals surface area contributed by atoms with Gasteiger partial charge in [0.2, 0.25) is 0 Å². The molecule has 0 spiro atoms. The van der Waals surface area contributed by atoms with E-state index >= 15 is 0 Å². The third kappa shape index (κ3) is 9.27. The molecule has 0 aliphatic rings. The number of alkyl halides is 3. The van der Waals surface area contributed by atoms with Crippen LogP contribution in [0.1, 0.15) is 30.4 Å². The van der Waals surface area contributed by atoms with E-state index in [0.29, 0.717) is 17.7 Å². The number of nitrogens with two attached hydrogens (primary N) is 1. The lowest BCUT2D eigenvalue weighted by Gasteiger charge is -2.28. The van der Waals surface area contributed by atoms with Crippen molar-refractivity contribution >= 4 is 35.1 Å². The van der Waals surface area contributed by atoms with Crippen molar-refractivity contribution in [2.75, 3.05) is 11.9 Å². The van der Waals surface area contributed by atoms with Gasteiger partial charge >= 0.3 is 12.3 Å². The summed E-state index contributed by atoms with van der Waals surface area (Å²) in [7, 11) is 0. The van der Waals surface area contributed by atoms with E-state index in [1.807, 2.05) is 30.3 Å². The van der Waals surface area contributed by atoms with Gasteiger partial charge in [0.05, 0.1) is 10.5 Å². The molecule has 0 bridgehead atoms. The summed E-state index contributed by atoms with van der Waals surface area (Å²) in [6.07, 6.45) is -4.14. The number of unbranched alkanes of at least 4 members (excludes halogenated alkanes) is 1. The Kier molecular flexibility index (Phi) is 10.5. The fraction of sp³-hybridized carbons (Fsp3) is 0.259. The van der Waals surface area contributed by atoms with Crippen LogP contribution >= 0.6 is 11.8 Å². The van der Waals surface area contributed by atoms with Gasteiger partial charge < -0.3 is 21.1 Å². The third-order valence-electron chi connectivity index (χ3n) is 5.66. The average molecular weight is 577 g/mol. The zero-order valence-corrected chi connectivity index (χ0v) is 22.0. The quantitative estimate of drug-likeness (QED) is 0.0780. The summed E-state index contributed by atoms with van der Waals surface area (Å²) in [6.45, 7) is 0.376. The Balaban J connectivity index is 1.60. The number of rotatable bonds is 12. The summed E-state index contributed by atoms with van der Waals surface area (Å²) < 4.78 is 43.8. The van der Waals surface area contributed by atoms with Gasteiger partial charge in [-0.3, -0.25) is 14.9 Å².